The molecule has 0 saturated heterocycles. The summed E-state index contributed by atoms with van der Waals surface area (Å²) < 4.78 is 2.22. The molecule has 0 aliphatic heterocycles. The minimum atomic E-state index is -0.647. The third-order valence-corrected chi connectivity index (χ3v) is 5.31. The molecule has 122 valence electrons. The molecule has 23 heavy (non-hydrogen) atoms. The van der Waals surface area contributed by atoms with Crippen LogP contribution >= 0.6 is 0 Å². The van der Waals surface area contributed by atoms with Crippen molar-refractivity contribution in [3.05, 3.63) is 24.0 Å². The molecule has 2 saturated carbocycles. The number of imidazole rings is 1. The molecule has 2 aromatic rings. The maximum atomic E-state index is 11.0. The lowest BCUT2D eigenvalue weighted by molar-refractivity contribution is -0.142. The number of nitrogens with zero attached hydrogens (tertiary/aromatic N) is 2. The molecule has 0 atom stereocenters. The molecule has 2 N–H and O–H groups in total. The van der Waals surface area contributed by atoms with Crippen LogP contribution in [0.15, 0.2) is 18.2 Å². The minimum absolute atomic E-state index is 0.160. The minimum Gasteiger partial charge on any atom is -0.481 e. The molecule has 0 unspecified atom stereocenters. The van der Waals surface area contributed by atoms with Crippen LogP contribution in [0, 0.1) is 5.92 Å². The first kappa shape index (κ1) is 14.5. The van der Waals surface area contributed by atoms with Gasteiger partial charge in [-0.1, -0.05) is 0 Å². The van der Waals surface area contributed by atoms with Crippen LogP contribution in [-0.4, -0.2) is 26.7 Å². The predicted octanol–water partition coefficient (Wildman–Crippen LogP) is 3.51. The van der Waals surface area contributed by atoms with Crippen molar-refractivity contribution in [1.82, 2.24) is 9.55 Å². The van der Waals surface area contributed by atoms with Crippen molar-refractivity contribution in [3.63, 3.8) is 0 Å². The molecule has 5 heteroatoms. The molecule has 0 amide bonds. The van der Waals surface area contributed by atoms with Gasteiger partial charge >= 0.3 is 5.97 Å². The number of carboxylic acids is 1. The van der Waals surface area contributed by atoms with Gasteiger partial charge in [0.25, 0.3) is 0 Å². The van der Waals surface area contributed by atoms with Crippen LogP contribution in [0.3, 0.4) is 0 Å². The third-order valence-electron chi connectivity index (χ3n) is 5.31. The van der Waals surface area contributed by atoms with Gasteiger partial charge in [0.1, 0.15) is 5.82 Å². The van der Waals surface area contributed by atoms with Gasteiger partial charge in [-0.2, -0.15) is 0 Å². The molecule has 0 spiro atoms. The summed E-state index contributed by atoms with van der Waals surface area (Å²) >= 11 is 0. The van der Waals surface area contributed by atoms with Gasteiger partial charge in [-0.15, -0.1) is 0 Å². The lowest BCUT2D eigenvalue weighted by atomic mass is 9.86. The van der Waals surface area contributed by atoms with Crippen LogP contribution in [0.5, 0.6) is 0 Å². The second-order valence-electron chi connectivity index (χ2n) is 7.04. The lowest BCUT2D eigenvalue weighted by Gasteiger charge is -2.27. The Bertz CT molecular complexity index is 740. The Kier molecular flexibility index (Phi) is 3.51. The highest BCUT2D eigenvalue weighted by atomic mass is 16.4. The maximum absolute atomic E-state index is 11.0. The first-order valence-electron chi connectivity index (χ1n) is 8.57. The largest absolute Gasteiger partial charge is 0.481 e. The maximum Gasteiger partial charge on any atom is 0.306 e. The number of carbonyl (C=O) groups is 1. The second-order valence-corrected chi connectivity index (χ2v) is 7.04. The summed E-state index contributed by atoms with van der Waals surface area (Å²) in [4.78, 5) is 15.8. The van der Waals surface area contributed by atoms with E-state index in [0.29, 0.717) is 12.0 Å². The number of aryl methyl sites for hydroxylation is 1. The predicted molar refractivity (Wildman–Crippen MR) is 89.7 cm³/mol. The highest BCUT2D eigenvalue weighted by Gasteiger charge is 2.29. The van der Waals surface area contributed by atoms with E-state index in [0.717, 1.165) is 36.9 Å². The van der Waals surface area contributed by atoms with Crippen molar-refractivity contribution in [3.8, 4) is 0 Å². The Balaban J connectivity index is 1.48. The molecule has 2 aliphatic carbocycles. The van der Waals surface area contributed by atoms with E-state index in [2.05, 4.69) is 35.1 Å². The fraction of sp³-hybridized carbons (Fsp3) is 0.556. The zero-order chi connectivity index (χ0) is 16.0. The Morgan fingerprint density at radius 1 is 1.22 bits per heavy atom. The second kappa shape index (κ2) is 5.55. The average molecular weight is 313 g/mol. The zero-order valence-corrected chi connectivity index (χ0v) is 13.5. The standard InChI is InChI=1S/C18H23N3O2/c1-21-16-9-8-14(10-15(16)20-17(21)11-2-3-11)19-13-6-4-12(5-7-13)18(22)23/h8-13,19H,2-7H2,1H3,(H,22,23). The van der Waals surface area contributed by atoms with E-state index >= 15 is 0 Å². The summed E-state index contributed by atoms with van der Waals surface area (Å²) in [6, 6.07) is 6.75. The topological polar surface area (TPSA) is 67.2 Å². The summed E-state index contributed by atoms with van der Waals surface area (Å²) in [5, 5.41) is 12.6. The molecule has 2 fully saturated rings. The summed E-state index contributed by atoms with van der Waals surface area (Å²) in [6.07, 6.45) is 5.90. The molecule has 1 heterocycles. The van der Waals surface area contributed by atoms with Crippen molar-refractivity contribution >= 4 is 22.7 Å². The smallest absolute Gasteiger partial charge is 0.306 e. The Hall–Kier alpha value is -2.04. The van der Waals surface area contributed by atoms with Crippen molar-refractivity contribution < 1.29 is 9.90 Å². The Morgan fingerprint density at radius 2 is 1.96 bits per heavy atom. The summed E-state index contributed by atoms with van der Waals surface area (Å²) in [5.74, 6) is 1.05. The average Bonchev–Trinajstić information content (AvgIpc) is 3.33. The van der Waals surface area contributed by atoms with Gasteiger partial charge in [-0.3, -0.25) is 4.79 Å². The monoisotopic (exact) mass is 313 g/mol. The number of carboxylic acid groups (broad SMARTS) is 1. The van der Waals surface area contributed by atoms with Crippen molar-refractivity contribution in [2.75, 3.05) is 5.32 Å². The molecule has 0 radical (unpaired) electrons. The fourth-order valence-electron chi connectivity index (χ4n) is 3.74. The Morgan fingerprint density at radius 3 is 2.61 bits per heavy atom. The zero-order valence-electron chi connectivity index (χ0n) is 13.5. The van der Waals surface area contributed by atoms with Crippen molar-refractivity contribution in [2.45, 2.75) is 50.5 Å². The lowest BCUT2D eigenvalue weighted by Crippen LogP contribution is -2.29. The van der Waals surface area contributed by atoms with Crippen LogP contribution in [-0.2, 0) is 11.8 Å². The summed E-state index contributed by atoms with van der Waals surface area (Å²) in [7, 11) is 2.10. The van der Waals surface area contributed by atoms with E-state index in [1.54, 1.807) is 0 Å². The fourth-order valence-corrected chi connectivity index (χ4v) is 3.74. The SMILES string of the molecule is Cn1c(C2CC2)nc2cc(NC3CCC(C(=O)O)CC3)ccc21. The van der Waals surface area contributed by atoms with Gasteiger partial charge in [0.2, 0.25) is 0 Å². The molecule has 0 bridgehead atoms. The molecule has 1 aromatic carbocycles. The number of nitrogens with one attached hydrogen (secondary N) is 1. The van der Waals surface area contributed by atoms with Crippen LogP contribution in [0.1, 0.15) is 50.3 Å². The molecule has 1 aromatic heterocycles. The number of anilines is 1. The number of rotatable bonds is 4. The number of aromatic nitrogens is 2. The normalized spacial score (nSPS) is 24.7. The van der Waals surface area contributed by atoms with E-state index in [-0.39, 0.29) is 5.92 Å². The van der Waals surface area contributed by atoms with Crippen LogP contribution in [0.2, 0.25) is 0 Å². The number of aliphatic carboxylic acids is 1. The highest BCUT2D eigenvalue weighted by molar-refractivity contribution is 5.80. The van der Waals surface area contributed by atoms with E-state index in [9.17, 15) is 4.79 Å². The summed E-state index contributed by atoms with van der Waals surface area (Å²) in [5.41, 5.74) is 3.34. The van der Waals surface area contributed by atoms with Crippen molar-refractivity contribution in [1.29, 1.82) is 0 Å². The molecule has 2 aliphatic rings. The van der Waals surface area contributed by atoms with Crippen LogP contribution < -0.4 is 5.32 Å². The quantitative estimate of drug-likeness (QED) is 0.906. The van der Waals surface area contributed by atoms with Crippen LogP contribution in [0.4, 0.5) is 5.69 Å². The first-order valence-corrected chi connectivity index (χ1v) is 8.57. The Labute approximate surface area is 135 Å². The number of benzene rings is 1. The van der Waals surface area contributed by atoms with E-state index in [1.807, 2.05) is 0 Å². The van der Waals surface area contributed by atoms with Gasteiger partial charge in [-0.05, 0) is 56.7 Å². The summed E-state index contributed by atoms with van der Waals surface area (Å²) in [6.45, 7) is 0. The first-order chi connectivity index (χ1) is 11.1. The number of hydrogen-bond acceptors (Lipinski definition) is 3. The van der Waals surface area contributed by atoms with Crippen molar-refractivity contribution in [2.24, 2.45) is 13.0 Å². The van der Waals surface area contributed by atoms with Gasteiger partial charge in [-0.25, -0.2) is 4.98 Å². The molecule has 5 nitrogen and oxygen atoms in total. The highest BCUT2D eigenvalue weighted by Crippen LogP contribution is 2.40. The van der Waals surface area contributed by atoms with E-state index < -0.39 is 5.97 Å². The molecular formula is C18H23N3O2. The van der Waals surface area contributed by atoms with Gasteiger partial charge in [0, 0.05) is 24.7 Å². The number of hydrogen-bond donors (Lipinski definition) is 2. The molecule has 4 rings (SSSR count). The number of fused-ring (bicyclic) bond motifs is 1. The van der Waals surface area contributed by atoms with Gasteiger partial charge < -0.3 is 15.0 Å². The van der Waals surface area contributed by atoms with Gasteiger partial charge in [0.05, 0.1) is 17.0 Å². The van der Waals surface area contributed by atoms with E-state index in [4.69, 9.17) is 10.1 Å². The van der Waals surface area contributed by atoms with Crippen LogP contribution in [0.25, 0.3) is 11.0 Å². The van der Waals surface area contributed by atoms with Gasteiger partial charge in [0.15, 0.2) is 0 Å². The third kappa shape index (κ3) is 2.80. The van der Waals surface area contributed by atoms with E-state index in [1.165, 1.54) is 24.2 Å². The molecular weight excluding hydrogens is 290 g/mol.